The topological polar surface area (TPSA) is 76.7 Å². The van der Waals surface area contributed by atoms with Gasteiger partial charge in [-0.2, -0.15) is 0 Å². The molecule has 0 fully saturated rings. The van der Waals surface area contributed by atoms with E-state index in [0.717, 1.165) is 39.3 Å². The van der Waals surface area contributed by atoms with Gasteiger partial charge in [0.1, 0.15) is 0 Å². The number of ether oxygens (including phenoxy) is 2. The summed E-state index contributed by atoms with van der Waals surface area (Å²) in [6.45, 7) is 5.92. The smallest absolute Gasteiger partial charge is 0.254 e. The lowest BCUT2D eigenvalue weighted by molar-refractivity contribution is -0.116. The Labute approximate surface area is 229 Å². The van der Waals surface area contributed by atoms with E-state index in [2.05, 4.69) is 10.6 Å². The van der Waals surface area contributed by atoms with Crippen LogP contribution < -0.4 is 20.1 Å². The molecule has 3 aromatic carbocycles. The van der Waals surface area contributed by atoms with Crippen LogP contribution in [0.25, 0.3) is 0 Å². The van der Waals surface area contributed by atoms with Crippen LogP contribution in [0.5, 0.6) is 11.5 Å². The molecular formula is C33H34N2O4. The van der Waals surface area contributed by atoms with Gasteiger partial charge in [0.05, 0.1) is 14.2 Å². The lowest BCUT2D eigenvalue weighted by Crippen LogP contribution is -2.37. The van der Waals surface area contributed by atoms with E-state index in [1.807, 2.05) is 87.5 Å². The Morgan fingerprint density at radius 2 is 1.56 bits per heavy atom. The average molecular weight is 523 g/mol. The van der Waals surface area contributed by atoms with Crippen LogP contribution in [0.2, 0.25) is 0 Å². The number of aryl methyl sites for hydroxylation is 2. The van der Waals surface area contributed by atoms with Gasteiger partial charge in [0, 0.05) is 40.6 Å². The van der Waals surface area contributed by atoms with Gasteiger partial charge in [0.15, 0.2) is 17.3 Å². The second kappa shape index (κ2) is 10.8. The summed E-state index contributed by atoms with van der Waals surface area (Å²) >= 11 is 0. The molecule has 1 heterocycles. The fraction of sp³-hybridized carbons (Fsp3) is 0.273. The van der Waals surface area contributed by atoms with Gasteiger partial charge in [0.25, 0.3) is 5.91 Å². The maximum absolute atomic E-state index is 14.0. The van der Waals surface area contributed by atoms with E-state index in [0.29, 0.717) is 35.5 Å². The third-order valence-corrected chi connectivity index (χ3v) is 7.84. The first-order valence-corrected chi connectivity index (χ1v) is 13.2. The van der Waals surface area contributed by atoms with E-state index in [1.165, 1.54) is 0 Å². The molecule has 1 aliphatic carbocycles. The molecule has 1 aliphatic heterocycles. The van der Waals surface area contributed by atoms with Gasteiger partial charge in [-0.3, -0.25) is 9.59 Å². The number of methoxy groups -OCH3 is 2. The molecule has 5 rings (SSSR count). The molecule has 2 N–H and O–H groups in total. The van der Waals surface area contributed by atoms with Crippen LogP contribution in [0.1, 0.15) is 53.9 Å². The maximum atomic E-state index is 14.0. The number of ketones is 1. The van der Waals surface area contributed by atoms with Gasteiger partial charge >= 0.3 is 0 Å². The van der Waals surface area contributed by atoms with Crippen molar-refractivity contribution in [2.45, 2.75) is 45.4 Å². The quantitative estimate of drug-likeness (QED) is 0.396. The van der Waals surface area contributed by atoms with Gasteiger partial charge < -0.3 is 20.1 Å². The van der Waals surface area contributed by atoms with Crippen LogP contribution in [-0.4, -0.2) is 25.9 Å². The van der Waals surface area contributed by atoms with Gasteiger partial charge in [-0.05, 0) is 73.6 Å². The minimum absolute atomic E-state index is 0.0174. The standard InChI is InChI=1S/C33H34N2O4/c1-19-10-6-8-12-24(19)31-30(33(37)35-25-13-9-7-11-20(25)2)21(3)34-26-16-23(17-27(36)32(26)31)22-14-15-28(38-4)29(18-22)39-5/h6-15,18,23,31,34H,16-17H2,1-5H3,(H,35,37)/t23-,31+/m0/s1. The number of hydrogen-bond acceptors (Lipinski definition) is 5. The van der Waals surface area contributed by atoms with Crippen LogP contribution in [0.4, 0.5) is 5.69 Å². The van der Waals surface area contributed by atoms with E-state index in [1.54, 1.807) is 14.2 Å². The normalized spacial score (nSPS) is 18.8. The molecule has 3 aromatic rings. The monoisotopic (exact) mass is 522 g/mol. The number of para-hydroxylation sites is 1. The van der Waals surface area contributed by atoms with Gasteiger partial charge in [-0.25, -0.2) is 0 Å². The lowest BCUT2D eigenvalue weighted by atomic mass is 9.71. The van der Waals surface area contributed by atoms with Crippen molar-refractivity contribution in [3.8, 4) is 11.5 Å². The first-order chi connectivity index (χ1) is 18.8. The van der Waals surface area contributed by atoms with Crippen molar-refractivity contribution in [2.24, 2.45) is 0 Å². The molecule has 200 valence electrons. The number of amides is 1. The van der Waals surface area contributed by atoms with E-state index in [9.17, 15) is 9.59 Å². The summed E-state index contributed by atoms with van der Waals surface area (Å²) in [5.74, 6) is 0.667. The zero-order chi connectivity index (χ0) is 27.7. The summed E-state index contributed by atoms with van der Waals surface area (Å²) < 4.78 is 10.9. The Balaban J connectivity index is 1.56. The molecule has 0 saturated heterocycles. The number of hydrogen-bond donors (Lipinski definition) is 2. The van der Waals surface area contributed by atoms with Gasteiger partial charge in [-0.15, -0.1) is 0 Å². The molecule has 0 spiro atoms. The largest absolute Gasteiger partial charge is 0.493 e. The minimum Gasteiger partial charge on any atom is -0.493 e. The SMILES string of the molecule is COc1ccc([C@@H]2CC(=O)C3=C(C2)NC(C)=C(C(=O)Nc2ccccc2C)[C@H]3c2ccccc2C)cc1OC. The van der Waals surface area contributed by atoms with Crippen LogP contribution in [0.3, 0.4) is 0 Å². The number of Topliss-reactive ketones (excluding diaryl/α,β-unsaturated/α-hetero) is 1. The van der Waals surface area contributed by atoms with Gasteiger partial charge in [0.2, 0.25) is 0 Å². The first-order valence-electron chi connectivity index (χ1n) is 13.2. The van der Waals surface area contributed by atoms with Crippen molar-refractivity contribution in [2.75, 3.05) is 19.5 Å². The van der Waals surface area contributed by atoms with E-state index in [-0.39, 0.29) is 17.6 Å². The van der Waals surface area contributed by atoms with Crippen LogP contribution in [0, 0.1) is 13.8 Å². The Morgan fingerprint density at radius 1 is 0.872 bits per heavy atom. The second-order valence-corrected chi connectivity index (χ2v) is 10.3. The number of anilines is 1. The molecule has 0 bridgehead atoms. The fourth-order valence-electron chi connectivity index (χ4n) is 5.81. The van der Waals surface area contributed by atoms with E-state index in [4.69, 9.17) is 9.47 Å². The number of carbonyl (C=O) groups is 2. The summed E-state index contributed by atoms with van der Waals surface area (Å²) in [6, 6.07) is 21.5. The van der Waals surface area contributed by atoms with Crippen molar-refractivity contribution >= 4 is 17.4 Å². The average Bonchev–Trinajstić information content (AvgIpc) is 2.93. The molecular weight excluding hydrogens is 488 g/mol. The first kappa shape index (κ1) is 26.3. The highest BCUT2D eigenvalue weighted by atomic mass is 16.5. The highest BCUT2D eigenvalue weighted by molar-refractivity contribution is 6.10. The third-order valence-electron chi connectivity index (χ3n) is 7.84. The van der Waals surface area contributed by atoms with Crippen LogP contribution >= 0.6 is 0 Å². The zero-order valence-electron chi connectivity index (χ0n) is 23.1. The molecule has 6 nitrogen and oxygen atoms in total. The molecule has 39 heavy (non-hydrogen) atoms. The summed E-state index contributed by atoms with van der Waals surface area (Å²) in [6.07, 6.45) is 1.01. The summed E-state index contributed by atoms with van der Waals surface area (Å²) in [7, 11) is 3.22. The predicted octanol–water partition coefficient (Wildman–Crippen LogP) is 6.32. The van der Waals surface area contributed by atoms with Crippen LogP contribution in [-0.2, 0) is 9.59 Å². The summed E-state index contributed by atoms with van der Waals surface area (Å²) in [4.78, 5) is 27.8. The van der Waals surface area contributed by atoms with Crippen molar-refractivity contribution in [3.05, 3.63) is 112 Å². The molecule has 0 aromatic heterocycles. The van der Waals surface area contributed by atoms with Crippen molar-refractivity contribution < 1.29 is 19.1 Å². The molecule has 0 unspecified atom stereocenters. The second-order valence-electron chi connectivity index (χ2n) is 10.3. The van der Waals surface area contributed by atoms with Crippen molar-refractivity contribution in [1.82, 2.24) is 5.32 Å². The molecule has 2 atom stereocenters. The number of nitrogens with one attached hydrogen (secondary N) is 2. The number of allylic oxidation sites excluding steroid dienone is 3. The van der Waals surface area contributed by atoms with Gasteiger partial charge in [-0.1, -0.05) is 48.5 Å². The summed E-state index contributed by atoms with van der Waals surface area (Å²) in [5, 5.41) is 6.57. The molecule has 6 heteroatoms. The Kier molecular flexibility index (Phi) is 7.29. The van der Waals surface area contributed by atoms with Crippen molar-refractivity contribution in [3.63, 3.8) is 0 Å². The minimum atomic E-state index is -0.453. The highest BCUT2D eigenvalue weighted by Gasteiger charge is 2.41. The number of rotatable bonds is 6. The number of benzene rings is 3. The Morgan fingerprint density at radius 3 is 2.26 bits per heavy atom. The zero-order valence-corrected chi connectivity index (χ0v) is 23.1. The molecule has 0 saturated carbocycles. The highest BCUT2D eigenvalue weighted by Crippen LogP contribution is 2.47. The lowest BCUT2D eigenvalue weighted by Gasteiger charge is -2.37. The van der Waals surface area contributed by atoms with E-state index < -0.39 is 5.92 Å². The molecule has 2 aliphatic rings. The summed E-state index contributed by atoms with van der Waals surface area (Å²) in [5.41, 5.74) is 7.66. The maximum Gasteiger partial charge on any atom is 0.254 e. The molecule has 0 radical (unpaired) electrons. The Hall–Kier alpha value is -4.32. The number of carbonyl (C=O) groups excluding carboxylic acids is 2. The third kappa shape index (κ3) is 4.94. The van der Waals surface area contributed by atoms with E-state index >= 15 is 0 Å². The fourth-order valence-corrected chi connectivity index (χ4v) is 5.81. The van der Waals surface area contributed by atoms with Crippen LogP contribution in [0.15, 0.2) is 89.3 Å². The van der Waals surface area contributed by atoms with Crippen molar-refractivity contribution in [1.29, 1.82) is 0 Å². The number of dihydropyridines is 1. The predicted molar refractivity (Wildman–Crippen MR) is 153 cm³/mol. The molecule has 1 amide bonds. The Bertz CT molecular complexity index is 1520.